The van der Waals surface area contributed by atoms with Crippen molar-refractivity contribution in [2.45, 2.75) is 13.5 Å². The van der Waals surface area contributed by atoms with Crippen LogP contribution >= 0.6 is 0 Å². The smallest absolute Gasteiger partial charge is 0.256 e. The summed E-state index contributed by atoms with van der Waals surface area (Å²) in [7, 11) is 1.58. The molecule has 0 unspecified atom stereocenters. The largest absolute Gasteiger partial charge is 0.398 e. The summed E-state index contributed by atoms with van der Waals surface area (Å²) < 4.78 is 13.1. The summed E-state index contributed by atoms with van der Waals surface area (Å²) in [6.45, 7) is 1.99. The normalized spacial score (nSPS) is 10.5. The van der Waals surface area contributed by atoms with Crippen LogP contribution in [0, 0.1) is 12.7 Å². The third-order valence-electron chi connectivity index (χ3n) is 2.61. The summed E-state index contributed by atoms with van der Waals surface area (Å²) in [6.07, 6.45) is 0. The molecule has 0 saturated carbocycles. The van der Waals surface area contributed by atoms with Gasteiger partial charge in [0.1, 0.15) is 11.6 Å². The zero-order chi connectivity index (χ0) is 14.0. The number of aryl methyl sites for hydroxylation is 1. The van der Waals surface area contributed by atoms with Crippen LogP contribution in [0.5, 0.6) is 0 Å². The molecule has 0 bridgehead atoms. The van der Waals surface area contributed by atoms with Gasteiger partial charge in [0.15, 0.2) is 5.82 Å². The van der Waals surface area contributed by atoms with Gasteiger partial charge in [0.05, 0.1) is 12.1 Å². The van der Waals surface area contributed by atoms with E-state index in [4.69, 9.17) is 5.73 Å². The number of amides is 1. The Morgan fingerprint density at radius 1 is 1.53 bits per heavy atom. The minimum atomic E-state index is -0.500. The zero-order valence-electron chi connectivity index (χ0n) is 10.6. The van der Waals surface area contributed by atoms with Crippen molar-refractivity contribution in [2.75, 3.05) is 12.8 Å². The third-order valence-corrected chi connectivity index (χ3v) is 2.61. The Hall–Kier alpha value is -2.44. The van der Waals surface area contributed by atoms with Gasteiger partial charge >= 0.3 is 0 Å². The average Bonchev–Trinajstić information content (AvgIpc) is 2.77. The van der Waals surface area contributed by atoms with Gasteiger partial charge in [-0.05, 0) is 25.1 Å². The van der Waals surface area contributed by atoms with Crippen LogP contribution in [0.25, 0.3) is 0 Å². The first-order valence-corrected chi connectivity index (χ1v) is 5.65. The van der Waals surface area contributed by atoms with Gasteiger partial charge in [0, 0.05) is 12.7 Å². The van der Waals surface area contributed by atoms with E-state index in [9.17, 15) is 9.18 Å². The maximum atomic E-state index is 13.1. The summed E-state index contributed by atoms with van der Waals surface area (Å²) in [4.78, 5) is 17.6. The maximum absolute atomic E-state index is 13.1. The van der Waals surface area contributed by atoms with Crippen LogP contribution in [0.1, 0.15) is 22.0 Å². The lowest BCUT2D eigenvalue weighted by Crippen LogP contribution is -2.27. The SMILES string of the molecule is Cc1nc(CN(C)C(=O)c2cc(F)ccc2N)n[nH]1. The number of hydrogen-bond acceptors (Lipinski definition) is 4. The summed E-state index contributed by atoms with van der Waals surface area (Å²) in [5.74, 6) is 0.281. The van der Waals surface area contributed by atoms with Crippen molar-refractivity contribution in [3.8, 4) is 0 Å². The number of carbonyl (C=O) groups excluding carboxylic acids is 1. The molecule has 1 amide bonds. The summed E-state index contributed by atoms with van der Waals surface area (Å²) >= 11 is 0. The van der Waals surface area contributed by atoms with Crippen LogP contribution in [0.3, 0.4) is 0 Å². The molecule has 100 valence electrons. The van der Waals surface area contributed by atoms with E-state index in [2.05, 4.69) is 15.2 Å². The Labute approximate surface area is 109 Å². The highest BCUT2D eigenvalue weighted by Crippen LogP contribution is 2.16. The van der Waals surface area contributed by atoms with Crippen molar-refractivity contribution in [2.24, 2.45) is 0 Å². The molecule has 1 heterocycles. The monoisotopic (exact) mass is 263 g/mol. The van der Waals surface area contributed by atoms with Gasteiger partial charge < -0.3 is 10.6 Å². The molecule has 0 saturated heterocycles. The van der Waals surface area contributed by atoms with Crippen molar-refractivity contribution in [3.63, 3.8) is 0 Å². The van der Waals surface area contributed by atoms with Gasteiger partial charge in [0.25, 0.3) is 5.91 Å². The van der Waals surface area contributed by atoms with Crippen LogP contribution in [0.4, 0.5) is 10.1 Å². The van der Waals surface area contributed by atoms with Crippen molar-refractivity contribution in [3.05, 3.63) is 41.2 Å². The first-order chi connectivity index (χ1) is 8.97. The van der Waals surface area contributed by atoms with Gasteiger partial charge in [-0.25, -0.2) is 9.37 Å². The van der Waals surface area contributed by atoms with Crippen LogP contribution in [-0.2, 0) is 6.54 Å². The second kappa shape index (κ2) is 5.05. The second-order valence-electron chi connectivity index (χ2n) is 4.23. The Balaban J connectivity index is 2.16. The molecule has 2 rings (SSSR count). The highest BCUT2D eigenvalue weighted by Gasteiger charge is 2.17. The number of carbonyl (C=O) groups is 1. The van der Waals surface area contributed by atoms with Gasteiger partial charge in [-0.1, -0.05) is 0 Å². The molecule has 0 radical (unpaired) electrons. The average molecular weight is 263 g/mol. The lowest BCUT2D eigenvalue weighted by molar-refractivity contribution is 0.0782. The molecule has 0 aliphatic rings. The van der Waals surface area contributed by atoms with E-state index in [-0.39, 0.29) is 23.7 Å². The summed E-state index contributed by atoms with van der Waals surface area (Å²) in [5.41, 5.74) is 6.05. The lowest BCUT2D eigenvalue weighted by Gasteiger charge is -2.16. The summed E-state index contributed by atoms with van der Waals surface area (Å²) in [6, 6.07) is 3.70. The lowest BCUT2D eigenvalue weighted by atomic mass is 10.1. The molecule has 0 aliphatic carbocycles. The van der Waals surface area contributed by atoms with Gasteiger partial charge in [0.2, 0.25) is 0 Å². The van der Waals surface area contributed by atoms with Crippen molar-refractivity contribution in [1.82, 2.24) is 20.1 Å². The topological polar surface area (TPSA) is 87.9 Å². The van der Waals surface area contributed by atoms with Gasteiger partial charge in [-0.15, -0.1) is 0 Å². The van der Waals surface area contributed by atoms with E-state index in [0.717, 1.165) is 6.07 Å². The number of halogens is 1. The molecule has 6 nitrogen and oxygen atoms in total. The Morgan fingerprint density at radius 3 is 2.89 bits per heavy atom. The Bertz CT molecular complexity index is 610. The minimum absolute atomic E-state index is 0.134. The number of nitrogen functional groups attached to an aromatic ring is 1. The first-order valence-electron chi connectivity index (χ1n) is 5.65. The molecule has 2 aromatic rings. The van der Waals surface area contributed by atoms with Crippen molar-refractivity contribution in [1.29, 1.82) is 0 Å². The second-order valence-corrected chi connectivity index (χ2v) is 4.23. The van der Waals surface area contributed by atoms with E-state index in [0.29, 0.717) is 11.6 Å². The number of benzene rings is 1. The van der Waals surface area contributed by atoms with E-state index < -0.39 is 5.82 Å². The Kier molecular flexibility index (Phi) is 3.46. The van der Waals surface area contributed by atoms with Crippen molar-refractivity contribution < 1.29 is 9.18 Å². The molecule has 19 heavy (non-hydrogen) atoms. The van der Waals surface area contributed by atoms with Crippen LogP contribution in [0.15, 0.2) is 18.2 Å². The number of nitrogens with one attached hydrogen (secondary N) is 1. The fourth-order valence-electron chi connectivity index (χ4n) is 1.66. The number of nitrogens with zero attached hydrogens (tertiary/aromatic N) is 3. The molecule has 0 atom stereocenters. The molecular formula is C12H14FN5O. The number of aromatic nitrogens is 3. The Morgan fingerprint density at radius 2 is 2.26 bits per heavy atom. The van der Waals surface area contributed by atoms with E-state index in [1.165, 1.54) is 17.0 Å². The summed E-state index contributed by atoms with van der Waals surface area (Å²) in [5, 5.41) is 6.63. The molecule has 3 N–H and O–H groups in total. The van der Waals surface area contributed by atoms with Gasteiger partial charge in [-0.2, -0.15) is 5.10 Å². The number of rotatable bonds is 3. The number of anilines is 1. The van der Waals surface area contributed by atoms with Crippen molar-refractivity contribution >= 4 is 11.6 Å². The van der Waals surface area contributed by atoms with Crippen LogP contribution < -0.4 is 5.73 Å². The fourth-order valence-corrected chi connectivity index (χ4v) is 1.66. The van der Waals surface area contributed by atoms with Crippen LogP contribution in [0.2, 0.25) is 0 Å². The standard InChI is InChI=1S/C12H14FN5O/c1-7-15-11(17-16-7)6-18(2)12(19)9-5-8(13)3-4-10(9)14/h3-5H,6,14H2,1-2H3,(H,15,16,17). The predicted molar refractivity (Wildman–Crippen MR) is 67.7 cm³/mol. The first kappa shape index (κ1) is 13.0. The quantitative estimate of drug-likeness (QED) is 0.812. The number of aromatic amines is 1. The van der Waals surface area contributed by atoms with Crippen LogP contribution in [-0.4, -0.2) is 33.0 Å². The van der Waals surface area contributed by atoms with Gasteiger partial charge in [-0.3, -0.25) is 9.89 Å². The highest BCUT2D eigenvalue weighted by molar-refractivity contribution is 5.98. The predicted octanol–water partition coefficient (Wildman–Crippen LogP) is 1.11. The fraction of sp³-hybridized carbons (Fsp3) is 0.250. The molecule has 0 aliphatic heterocycles. The maximum Gasteiger partial charge on any atom is 0.256 e. The van der Waals surface area contributed by atoms with E-state index in [1.54, 1.807) is 14.0 Å². The minimum Gasteiger partial charge on any atom is -0.398 e. The molecule has 0 fully saturated rings. The highest BCUT2D eigenvalue weighted by atomic mass is 19.1. The number of nitrogens with two attached hydrogens (primary N) is 1. The molecule has 1 aromatic carbocycles. The third kappa shape index (κ3) is 2.87. The zero-order valence-corrected chi connectivity index (χ0v) is 10.6. The molecule has 1 aromatic heterocycles. The molecule has 7 heteroatoms. The molecular weight excluding hydrogens is 249 g/mol. The number of H-pyrrole nitrogens is 1. The molecule has 0 spiro atoms. The van der Waals surface area contributed by atoms with E-state index in [1.807, 2.05) is 0 Å². The van der Waals surface area contributed by atoms with E-state index >= 15 is 0 Å². The number of hydrogen-bond donors (Lipinski definition) is 2.